The van der Waals surface area contributed by atoms with Crippen LogP contribution in [0.1, 0.15) is 13.8 Å². The van der Waals surface area contributed by atoms with Gasteiger partial charge >= 0.3 is 5.97 Å². The molecule has 1 aromatic heterocycles. The van der Waals surface area contributed by atoms with Gasteiger partial charge in [0.2, 0.25) is 10.0 Å². The molecule has 3 N–H and O–H groups in total. The largest absolute Gasteiger partial charge is 0.480 e. The number of hydrogen-bond donors (Lipinski definition) is 3. The highest BCUT2D eigenvalue weighted by atomic mass is 32.2. The topological polar surface area (TPSA) is 129 Å². The number of aromatic nitrogens is 2. The lowest BCUT2D eigenvalue weighted by Gasteiger charge is -2.18. The van der Waals surface area contributed by atoms with E-state index in [2.05, 4.69) is 14.7 Å². The van der Waals surface area contributed by atoms with Gasteiger partial charge in [-0.05, 0) is 24.1 Å². The molecule has 0 spiro atoms. The molecule has 0 bridgehead atoms. The number of fused-ring (bicyclic) bond motifs is 1. The summed E-state index contributed by atoms with van der Waals surface area (Å²) in [5, 5.41) is 9.08. The highest BCUT2D eigenvalue weighted by Crippen LogP contribution is 2.16. The van der Waals surface area contributed by atoms with Crippen molar-refractivity contribution in [2.45, 2.75) is 24.8 Å². The minimum atomic E-state index is -4.01. The number of benzene rings is 1. The molecule has 2 aromatic rings. The van der Waals surface area contributed by atoms with Crippen molar-refractivity contribution in [3.8, 4) is 0 Å². The summed E-state index contributed by atoms with van der Waals surface area (Å²) in [4.78, 5) is 28.5. The Bertz CT molecular complexity index is 873. The van der Waals surface area contributed by atoms with Gasteiger partial charge in [-0.15, -0.1) is 0 Å². The molecule has 0 aliphatic heterocycles. The molecule has 0 saturated heterocycles. The third kappa shape index (κ3) is 3.31. The maximum absolute atomic E-state index is 12.3. The molecule has 8 nitrogen and oxygen atoms in total. The van der Waals surface area contributed by atoms with Crippen LogP contribution < -0.4 is 10.3 Å². The van der Waals surface area contributed by atoms with Crippen LogP contribution >= 0.6 is 0 Å². The van der Waals surface area contributed by atoms with Gasteiger partial charge in [0, 0.05) is 0 Å². The lowest BCUT2D eigenvalue weighted by Crippen LogP contribution is -2.44. The molecule has 0 fully saturated rings. The van der Waals surface area contributed by atoms with Crippen molar-refractivity contribution in [2.75, 3.05) is 0 Å². The number of carboxylic acid groups (broad SMARTS) is 1. The molecule has 0 aliphatic carbocycles. The first-order valence-corrected chi connectivity index (χ1v) is 7.93. The fraction of sp³-hybridized carbons (Fsp3) is 0.308. The highest BCUT2D eigenvalue weighted by molar-refractivity contribution is 7.89. The van der Waals surface area contributed by atoms with Crippen molar-refractivity contribution in [2.24, 2.45) is 5.92 Å². The van der Waals surface area contributed by atoms with Crippen LogP contribution in [0.3, 0.4) is 0 Å². The summed E-state index contributed by atoms with van der Waals surface area (Å²) in [6.07, 6.45) is 1.04. The number of aliphatic carboxylic acids is 1. The Morgan fingerprint density at radius 1 is 1.36 bits per heavy atom. The molecule has 22 heavy (non-hydrogen) atoms. The Kier molecular flexibility index (Phi) is 4.29. The first kappa shape index (κ1) is 16.1. The standard InChI is InChI=1S/C13H15N3O5S/c1-7(2)12(13(18)19)16-22(20,21)8-3-4-9-10(5-8)14-6-11(17)15-9/h3-7,12,16H,1-2H3,(H,15,17)(H,18,19). The highest BCUT2D eigenvalue weighted by Gasteiger charge is 2.28. The Hall–Kier alpha value is -2.26. The van der Waals surface area contributed by atoms with Crippen LogP contribution in [0.25, 0.3) is 11.0 Å². The molecule has 1 heterocycles. The van der Waals surface area contributed by atoms with E-state index in [-0.39, 0.29) is 4.90 Å². The summed E-state index contributed by atoms with van der Waals surface area (Å²) in [6.45, 7) is 3.21. The average molecular weight is 325 g/mol. The molecule has 0 saturated carbocycles. The van der Waals surface area contributed by atoms with E-state index in [4.69, 9.17) is 5.11 Å². The molecule has 2 rings (SSSR count). The molecule has 118 valence electrons. The monoisotopic (exact) mass is 325 g/mol. The number of aromatic amines is 1. The molecule has 0 amide bonds. The van der Waals surface area contributed by atoms with Crippen LogP contribution in [-0.2, 0) is 14.8 Å². The van der Waals surface area contributed by atoms with Gasteiger partial charge in [0.15, 0.2) is 0 Å². The Balaban J connectivity index is 2.43. The Labute approximate surface area is 126 Å². The van der Waals surface area contributed by atoms with Gasteiger partial charge in [0.05, 0.1) is 22.1 Å². The predicted molar refractivity (Wildman–Crippen MR) is 78.9 cm³/mol. The Morgan fingerprint density at radius 2 is 2.05 bits per heavy atom. The number of carboxylic acids is 1. The van der Waals surface area contributed by atoms with Gasteiger partial charge < -0.3 is 10.1 Å². The number of sulfonamides is 1. The van der Waals surface area contributed by atoms with E-state index in [0.29, 0.717) is 11.0 Å². The lowest BCUT2D eigenvalue weighted by atomic mass is 10.1. The maximum Gasteiger partial charge on any atom is 0.322 e. The lowest BCUT2D eigenvalue weighted by molar-refractivity contribution is -0.140. The molecule has 1 aromatic carbocycles. The van der Waals surface area contributed by atoms with Gasteiger partial charge in [0.25, 0.3) is 5.56 Å². The molecule has 0 aliphatic rings. The van der Waals surface area contributed by atoms with Crippen LogP contribution in [-0.4, -0.2) is 35.5 Å². The fourth-order valence-corrected chi connectivity index (χ4v) is 3.25. The summed E-state index contributed by atoms with van der Waals surface area (Å²) < 4.78 is 26.7. The van der Waals surface area contributed by atoms with Gasteiger partial charge in [0.1, 0.15) is 6.04 Å². The van der Waals surface area contributed by atoms with Crippen LogP contribution in [0.5, 0.6) is 0 Å². The summed E-state index contributed by atoms with van der Waals surface area (Å²) >= 11 is 0. The SMILES string of the molecule is CC(C)C(NS(=O)(=O)c1ccc2[nH]c(=O)cnc2c1)C(=O)O. The Morgan fingerprint density at radius 3 is 2.64 bits per heavy atom. The van der Waals surface area contributed by atoms with E-state index in [0.717, 1.165) is 6.20 Å². The van der Waals surface area contributed by atoms with Crippen molar-refractivity contribution in [3.63, 3.8) is 0 Å². The molecular weight excluding hydrogens is 310 g/mol. The molecule has 0 radical (unpaired) electrons. The van der Waals surface area contributed by atoms with E-state index >= 15 is 0 Å². The van der Waals surface area contributed by atoms with Crippen LogP contribution in [0.2, 0.25) is 0 Å². The summed E-state index contributed by atoms with van der Waals surface area (Å²) in [6, 6.07) is 2.72. The van der Waals surface area contributed by atoms with E-state index in [1.165, 1.54) is 18.2 Å². The zero-order chi connectivity index (χ0) is 16.5. The second kappa shape index (κ2) is 5.85. The minimum absolute atomic E-state index is 0.119. The number of nitrogens with one attached hydrogen (secondary N) is 2. The smallest absolute Gasteiger partial charge is 0.322 e. The van der Waals surface area contributed by atoms with Crippen LogP contribution in [0.15, 0.2) is 34.1 Å². The van der Waals surface area contributed by atoms with Crippen LogP contribution in [0.4, 0.5) is 0 Å². The quantitative estimate of drug-likeness (QED) is 0.725. The number of hydrogen-bond acceptors (Lipinski definition) is 5. The van der Waals surface area contributed by atoms with Crippen molar-refractivity contribution in [1.82, 2.24) is 14.7 Å². The molecular formula is C13H15N3O5S. The van der Waals surface area contributed by atoms with E-state index < -0.39 is 33.5 Å². The summed E-state index contributed by atoms with van der Waals surface area (Å²) in [7, 11) is -4.01. The predicted octanol–water partition coefficient (Wildman–Crippen LogP) is 0.311. The fourth-order valence-electron chi connectivity index (χ4n) is 1.89. The van der Waals surface area contributed by atoms with E-state index in [1.54, 1.807) is 13.8 Å². The van der Waals surface area contributed by atoms with Crippen molar-refractivity contribution in [3.05, 3.63) is 34.7 Å². The summed E-state index contributed by atoms with van der Waals surface area (Å²) in [5.74, 6) is -1.66. The van der Waals surface area contributed by atoms with E-state index in [9.17, 15) is 18.0 Å². The number of rotatable bonds is 5. The minimum Gasteiger partial charge on any atom is -0.480 e. The first-order valence-electron chi connectivity index (χ1n) is 6.45. The van der Waals surface area contributed by atoms with Crippen LogP contribution in [0, 0.1) is 5.92 Å². The van der Waals surface area contributed by atoms with Gasteiger partial charge in [-0.2, -0.15) is 4.72 Å². The zero-order valence-electron chi connectivity index (χ0n) is 11.9. The maximum atomic E-state index is 12.3. The van der Waals surface area contributed by atoms with Crippen molar-refractivity contribution < 1.29 is 18.3 Å². The number of H-pyrrole nitrogens is 1. The van der Waals surface area contributed by atoms with Crippen molar-refractivity contribution >= 4 is 27.0 Å². The van der Waals surface area contributed by atoms with Gasteiger partial charge in [-0.25, -0.2) is 13.4 Å². The van der Waals surface area contributed by atoms with Crippen molar-refractivity contribution in [1.29, 1.82) is 0 Å². The second-order valence-corrected chi connectivity index (χ2v) is 6.82. The number of carbonyl (C=O) groups is 1. The second-order valence-electron chi connectivity index (χ2n) is 5.11. The molecule has 1 atom stereocenters. The van der Waals surface area contributed by atoms with Gasteiger partial charge in [-0.1, -0.05) is 13.8 Å². The normalized spacial score (nSPS) is 13.4. The average Bonchev–Trinajstić information content (AvgIpc) is 2.43. The summed E-state index contributed by atoms with van der Waals surface area (Å²) in [5.41, 5.74) is 0.288. The zero-order valence-corrected chi connectivity index (χ0v) is 12.7. The molecule has 1 unspecified atom stereocenters. The third-order valence-electron chi connectivity index (χ3n) is 3.07. The van der Waals surface area contributed by atoms with Gasteiger partial charge in [-0.3, -0.25) is 9.59 Å². The molecule has 9 heteroatoms. The third-order valence-corrected chi connectivity index (χ3v) is 4.51. The first-order chi connectivity index (χ1) is 10.2. The van der Waals surface area contributed by atoms with E-state index in [1.807, 2.05) is 0 Å². The number of nitrogens with zero attached hydrogens (tertiary/aromatic N) is 1.